The maximum Gasteiger partial charge on any atom is 0.393 e. The van der Waals surface area contributed by atoms with Gasteiger partial charge in [-0.2, -0.15) is 18.3 Å². The van der Waals surface area contributed by atoms with E-state index in [2.05, 4.69) is 20.2 Å². The molecule has 9 heteroatoms. The quantitative estimate of drug-likeness (QED) is 0.462. The van der Waals surface area contributed by atoms with Crippen molar-refractivity contribution in [1.82, 2.24) is 20.2 Å². The molecule has 0 radical (unpaired) electrons. The minimum absolute atomic E-state index is 0.0424. The van der Waals surface area contributed by atoms with E-state index < -0.39 is 12.1 Å². The Morgan fingerprint density at radius 2 is 1.93 bits per heavy atom. The van der Waals surface area contributed by atoms with Crippen LogP contribution in [0.5, 0.6) is 0 Å². The number of fused-ring (bicyclic) bond motifs is 2. The predicted molar refractivity (Wildman–Crippen MR) is 102 cm³/mol. The van der Waals surface area contributed by atoms with Gasteiger partial charge in [-0.15, -0.1) is 0 Å². The Hall–Kier alpha value is -3.10. The van der Waals surface area contributed by atoms with Crippen LogP contribution in [0, 0.1) is 11.7 Å². The second-order valence-electron chi connectivity index (χ2n) is 7.38. The van der Waals surface area contributed by atoms with Crippen molar-refractivity contribution in [3.63, 3.8) is 0 Å². The van der Waals surface area contributed by atoms with Crippen LogP contribution in [-0.2, 0) is 0 Å². The molecule has 29 heavy (non-hydrogen) atoms. The lowest BCUT2D eigenvalue weighted by Crippen LogP contribution is -2.41. The molecule has 2 N–H and O–H groups in total. The zero-order valence-electron chi connectivity index (χ0n) is 15.2. The fraction of sp³-hybridized carbons (Fsp3) is 0.300. The summed E-state index contributed by atoms with van der Waals surface area (Å²) in [4.78, 5) is 9.45. The molecule has 0 aliphatic carbocycles. The predicted octanol–water partition coefficient (Wildman–Crippen LogP) is 5.02. The van der Waals surface area contributed by atoms with Crippen LogP contribution in [0.15, 0.2) is 36.4 Å². The monoisotopic (exact) mass is 403 g/mol. The average molecular weight is 403 g/mol. The topological polar surface area (TPSA) is 60.6 Å². The second-order valence-corrected chi connectivity index (χ2v) is 7.38. The summed E-state index contributed by atoms with van der Waals surface area (Å²) in [7, 11) is 0. The van der Waals surface area contributed by atoms with Crippen molar-refractivity contribution in [2.24, 2.45) is 5.92 Å². The minimum Gasteiger partial charge on any atom is -0.371 e. The molecule has 2 aromatic carbocycles. The largest absolute Gasteiger partial charge is 0.393 e. The van der Waals surface area contributed by atoms with E-state index in [1.165, 1.54) is 12.1 Å². The van der Waals surface area contributed by atoms with Gasteiger partial charge in [0.2, 0.25) is 0 Å². The summed E-state index contributed by atoms with van der Waals surface area (Å²) in [5, 5.41) is 7.68. The number of H-pyrrole nitrogens is 2. The molecular weight excluding hydrogens is 386 g/mol. The highest BCUT2D eigenvalue weighted by atomic mass is 19.4. The number of aromatic amines is 2. The highest BCUT2D eigenvalue weighted by Crippen LogP contribution is 2.35. The van der Waals surface area contributed by atoms with Gasteiger partial charge < -0.3 is 9.88 Å². The number of piperidine rings is 1. The first-order valence-corrected chi connectivity index (χ1v) is 9.34. The zero-order valence-corrected chi connectivity index (χ0v) is 15.2. The van der Waals surface area contributed by atoms with E-state index >= 15 is 0 Å². The summed E-state index contributed by atoms with van der Waals surface area (Å²) < 4.78 is 53.0. The first kappa shape index (κ1) is 18.0. The van der Waals surface area contributed by atoms with E-state index in [9.17, 15) is 17.6 Å². The molecule has 1 fully saturated rings. The number of aromatic nitrogens is 4. The van der Waals surface area contributed by atoms with Crippen LogP contribution in [0.2, 0.25) is 0 Å². The van der Waals surface area contributed by atoms with E-state index in [1.54, 1.807) is 29.2 Å². The van der Waals surface area contributed by atoms with E-state index in [0.29, 0.717) is 46.4 Å². The van der Waals surface area contributed by atoms with Gasteiger partial charge in [-0.05, 0) is 49.2 Å². The van der Waals surface area contributed by atoms with Crippen LogP contribution in [0.4, 0.5) is 23.2 Å². The molecular formula is C20H17F4N5. The van der Waals surface area contributed by atoms with Crippen molar-refractivity contribution in [3.8, 4) is 11.5 Å². The van der Waals surface area contributed by atoms with Crippen molar-refractivity contribution in [1.29, 1.82) is 0 Å². The third-order valence-electron chi connectivity index (χ3n) is 5.46. The summed E-state index contributed by atoms with van der Waals surface area (Å²) in [6.07, 6.45) is -3.51. The summed E-state index contributed by atoms with van der Waals surface area (Å²) in [6, 6.07) is 9.71. The summed E-state index contributed by atoms with van der Waals surface area (Å²) in [5.41, 5.74) is 3.26. The van der Waals surface area contributed by atoms with Crippen molar-refractivity contribution in [2.75, 3.05) is 18.0 Å². The first-order chi connectivity index (χ1) is 13.9. The van der Waals surface area contributed by atoms with Crippen LogP contribution >= 0.6 is 0 Å². The molecule has 5 nitrogen and oxygen atoms in total. The van der Waals surface area contributed by atoms with E-state index in [4.69, 9.17) is 0 Å². The summed E-state index contributed by atoms with van der Waals surface area (Å²) in [6.45, 7) is 0.543. The van der Waals surface area contributed by atoms with Crippen LogP contribution in [-0.4, -0.2) is 39.4 Å². The van der Waals surface area contributed by atoms with E-state index in [0.717, 1.165) is 5.69 Å². The number of alkyl halides is 3. The van der Waals surface area contributed by atoms with Crippen LogP contribution in [0.3, 0.4) is 0 Å². The van der Waals surface area contributed by atoms with Crippen LogP contribution in [0.1, 0.15) is 12.8 Å². The van der Waals surface area contributed by atoms with E-state index in [1.807, 2.05) is 0 Å². The van der Waals surface area contributed by atoms with Gasteiger partial charge in [0.05, 0.1) is 22.5 Å². The number of benzene rings is 2. The maximum atomic E-state index is 13.6. The average Bonchev–Trinajstić information content (AvgIpc) is 3.30. The van der Waals surface area contributed by atoms with Gasteiger partial charge in [0.1, 0.15) is 11.5 Å². The molecule has 3 heterocycles. The number of nitrogens with one attached hydrogen (secondary N) is 2. The molecule has 1 aliphatic heterocycles. The Balaban J connectivity index is 1.49. The molecule has 0 bridgehead atoms. The Morgan fingerprint density at radius 3 is 2.76 bits per heavy atom. The lowest BCUT2D eigenvalue weighted by atomic mass is 9.97. The molecule has 5 rings (SSSR count). The summed E-state index contributed by atoms with van der Waals surface area (Å²) in [5.74, 6) is -1.21. The highest BCUT2D eigenvalue weighted by molar-refractivity contribution is 5.93. The van der Waals surface area contributed by atoms with Crippen molar-refractivity contribution < 1.29 is 17.6 Å². The van der Waals surface area contributed by atoms with Gasteiger partial charge in [-0.1, -0.05) is 0 Å². The molecule has 150 valence electrons. The number of hydrogen-bond acceptors (Lipinski definition) is 3. The number of anilines is 1. The maximum absolute atomic E-state index is 13.6. The molecule has 1 atom stereocenters. The SMILES string of the molecule is Fc1ccc2[nH]nc(-c3nc4ccc(N5CCCC(C(F)(F)F)C5)cc4[nH]3)c2c1. The molecule has 1 unspecified atom stereocenters. The van der Waals surface area contributed by atoms with Gasteiger partial charge in [0, 0.05) is 24.2 Å². The lowest BCUT2D eigenvalue weighted by Gasteiger charge is -2.35. The molecule has 1 saturated heterocycles. The molecule has 4 aromatic rings. The normalized spacial score (nSPS) is 18.1. The van der Waals surface area contributed by atoms with Crippen molar-refractivity contribution in [2.45, 2.75) is 19.0 Å². The highest BCUT2D eigenvalue weighted by Gasteiger charge is 2.41. The number of hydrogen-bond donors (Lipinski definition) is 2. The Morgan fingerprint density at radius 1 is 1.07 bits per heavy atom. The van der Waals surface area contributed by atoms with Gasteiger partial charge >= 0.3 is 6.18 Å². The lowest BCUT2D eigenvalue weighted by molar-refractivity contribution is -0.175. The Kier molecular flexibility index (Phi) is 4.01. The van der Waals surface area contributed by atoms with Crippen LogP contribution in [0.25, 0.3) is 33.5 Å². The van der Waals surface area contributed by atoms with E-state index in [-0.39, 0.29) is 18.8 Å². The fourth-order valence-corrected chi connectivity index (χ4v) is 3.95. The van der Waals surface area contributed by atoms with Crippen molar-refractivity contribution in [3.05, 3.63) is 42.2 Å². The van der Waals surface area contributed by atoms with Gasteiger partial charge in [0.25, 0.3) is 0 Å². The zero-order chi connectivity index (χ0) is 20.2. The molecule has 0 amide bonds. The van der Waals surface area contributed by atoms with Crippen LogP contribution < -0.4 is 4.90 Å². The van der Waals surface area contributed by atoms with Crippen molar-refractivity contribution >= 4 is 27.6 Å². The molecule has 1 aliphatic rings. The molecule has 0 spiro atoms. The number of halogens is 4. The second kappa shape index (κ2) is 6.47. The number of nitrogens with zero attached hydrogens (tertiary/aromatic N) is 3. The smallest absolute Gasteiger partial charge is 0.371 e. The van der Waals surface area contributed by atoms with Gasteiger partial charge in [-0.3, -0.25) is 5.10 Å². The standard InChI is InChI=1S/C20H17F4N5/c21-12-3-5-15-14(8-12)18(28-27-15)19-25-16-6-4-13(9-17(16)26-19)29-7-1-2-11(10-29)20(22,23)24/h3-6,8-9,11H,1-2,7,10H2,(H,25,26)(H,27,28). The fourth-order valence-electron chi connectivity index (χ4n) is 3.95. The third kappa shape index (κ3) is 3.20. The number of imidazole rings is 1. The van der Waals surface area contributed by atoms with Gasteiger partial charge in [0.15, 0.2) is 5.82 Å². The Labute approximate surface area is 162 Å². The Bertz CT molecular complexity index is 1190. The summed E-state index contributed by atoms with van der Waals surface area (Å²) >= 11 is 0. The molecule has 2 aromatic heterocycles. The molecule has 0 saturated carbocycles. The first-order valence-electron chi connectivity index (χ1n) is 9.34. The van der Waals surface area contributed by atoms with Gasteiger partial charge in [-0.25, -0.2) is 9.37 Å². The number of rotatable bonds is 2. The third-order valence-corrected chi connectivity index (χ3v) is 5.46. The minimum atomic E-state index is -4.18.